The largest absolute Gasteiger partial charge is 0.366 e. The van der Waals surface area contributed by atoms with Crippen molar-refractivity contribution < 1.29 is 4.74 Å². The highest BCUT2D eigenvalue weighted by atomic mass is 16.5. The van der Waals surface area contributed by atoms with Gasteiger partial charge in [0.1, 0.15) is 6.10 Å². The Hall–Kier alpha value is -1.26. The van der Waals surface area contributed by atoms with Gasteiger partial charge in [0.2, 0.25) is 0 Å². The summed E-state index contributed by atoms with van der Waals surface area (Å²) in [5.74, 6) is 6.44. The molecular formula is C15H18O. The quantitative estimate of drug-likeness (QED) is 0.602. The zero-order chi connectivity index (χ0) is 11.4. The molecule has 1 fully saturated rings. The summed E-state index contributed by atoms with van der Waals surface area (Å²) < 4.78 is 5.59. The average molecular weight is 214 g/mol. The molecule has 0 N–H and O–H groups in total. The lowest BCUT2D eigenvalue weighted by Crippen LogP contribution is -2.16. The lowest BCUT2D eigenvalue weighted by atomic mass is 10.1. The van der Waals surface area contributed by atoms with Gasteiger partial charge in [0.25, 0.3) is 0 Å². The fraction of sp³-hybridized carbons (Fsp3) is 0.467. The highest BCUT2D eigenvalue weighted by Gasteiger charge is 2.09. The van der Waals surface area contributed by atoms with Crippen LogP contribution in [0.25, 0.3) is 0 Å². The summed E-state index contributed by atoms with van der Waals surface area (Å²) in [4.78, 5) is 0. The van der Waals surface area contributed by atoms with Crippen LogP contribution in [-0.4, -0.2) is 12.7 Å². The fourth-order valence-corrected chi connectivity index (χ4v) is 2.07. The van der Waals surface area contributed by atoms with Crippen LogP contribution in [0, 0.1) is 25.7 Å². The van der Waals surface area contributed by atoms with Crippen molar-refractivity contribution in [3.8, 4) is 11.8 Å². The van der Waals surface area contributed by atoms with E-state index in [1.165, 1.54) is 24.0 Å². The van der Waals surface area contributed by atoms with Crippen LogP contribution in [0.2, 0.25) is 0 Å². The molecule has 0 amide bonds. The van der Waals surface area contributed by atoms with E-state index in [4.69, 9.17) is 4.74 Å². The Morgan fingerprint density at radius 1 is 1.12 bits per heavy atom. The molecule has 16 heavy (non-hydrogen) atoms. The normalized spacial score (nSPS) is 20.0. The molecule has 1 heteroatoms. The first-order valence-corrected chi connectivity index (χ1v) is 5.95. The lowest BCUT2D eigenvalue weighted by Gasteiger charge is -2.17. The van der Waals surface area contributed by atoms with Gasteiger partial charge in [-0.25, -0.2) is 0 Å². The van der Waals surface area contributed by atoms with E-state index in [0.717, 1.165) is 18.6 Å². The van der Waals surface area contributed by atoms with Crippen LogP contribution in [0.15, 0.2) is 18.2 Å². The van der Waals surface area contributed by atoms with Gasteiger partial charge in [-0.1, -0.05) is 17.9 Å². The van der Waals surface area contributed by atoms with Crippen molar-refractivity contribution in [1.82, 2.24) is 0 Å². The van der Waals surface area contributed by atoms with Crippen molar-refractivity contribution in [2.75, 3.05) is 6.61 Å². The van der Waals surface area contributed by atoms with Crippen molar-refractivity contribution in [3.05, 3.63) is 34.9 Å². The van der Waals surface area contributed by atoms with Gasteiger partial charge >= 0.3 is 0 Å². The van der Waals surface area contributed by atoms with Gasteiger partial charge in [-0.05, 0) is 56.4 Å². The number of rotatable bonds is 0. The van der Waals surface area contributed by atoms with Crippen LogP contribution in [-0.2, 0) is 4.74 Å². The number of hydrogen-bond acceptors (Lipinski definition) is 1. The van der Waals surface area contributed by atoms with Gasteiger partial charge in [0.15, 0.2) is 0 Å². The second kappa shape index (κ2) is 5.18. The molecule has 1 heterocycles. The monoisotopic (exact) mass is 214 g/mol. The third kappa shape index (κ3) is 3.12. The summed E-state index contributed by atoms with van der Waals surface area (Å²) in [5, 5.41) is 0. The van der Waals surface area contributed by atoms with E-state index in [1.54, 1.807) is 0 Å². The number of aryl methyl sites for hydroxylation is 2. The molecule has 0 bridgehead atoms. The van der Waals surface area contributed by atoms with Crippen molar-refractivity contribution in [3.63, 3.8) is 0 Å². The minimum Gasteiger partial charge on any atom is -0.366 e. The van der Waals surface area contributed by atoms with E-state index in [0.29, 0.717) is 0 Å². The van der Waals surface area contributed by atoms with Crippen LogP contribution in [0.1, 0.15) is 36.0 Å². The second-order valence-electron chi connectivity index (χ2n) is 4.50. The summed E-state index contributed by atoms with van der Waals surface area (Å²) in [7, 11) is 0. The first-order chi connectivity index (χ1) is 7.74. The molecule has 2 rings (SSSR count). The predicted octanol–water partition coefficient (Wildman–Crippen LogP) is 3.22. The summed E-state index contributed by atoms with van der Waals surface area (Å²) >= 11 is 0. The zero-order valence-electron chi connectivity index (χ0n) is 10.0. The van der Waals surface area contributed by atoms with Crippen LogP contribution >= 0.6 is 0 Å². The minimum absolute atomic E-state index is 0.148. The van der Waals surface area contributed by atoms with Gasteiger partial charge in [-0.3, -0.25) is 0 Å². The van der Waals surface area contributed by atoms with Gasteiger partial charge < -0.3 is 4.74 Å². The first kappa shape index (κ1) is 11.2. The van der Waals surface area contributed by atoms with Gasteiger partial charge in [-0.2, -0.15) is 0 Å². The SMILES string of the molecule is Cc1cc(C)cc(C#CC2CCCCO2)c1. The van der Waals surface area contributed by atoms with Crippen LogP contribution in [0.3, 0.4) is 0 Å². The van der Waals surface area contributed by atoms with Crippen LogP contribution in [0.5, 0.6) is 0 Å². The first-order valence-electron chi connectivity index (χ1n) is 5.95. The van der Waals surface area contributed by atoms with Crippen LogP contribution < -0.4 is 0 Å². The smallest absolute Gasteiger partial charge is 0.118 e. The maximum absolute atomic E-state index is 5.59. The lowest BCUT2D eigenvalue weighted by molar-refractivity contribution is 0.0526. The van der Waals surface area contributed by atoms with E-state index in [-0.39, 0.29) is 6.10 Å². The molecule has 1 unspecified atom stereocenters. The molecule has 0 aliphatic carbocycles. The molecule has 1 nitrogen and oxygen atoms in total. The van der Waals surface area contributed by atoms with Crippen molar-refractivity contribution in [1.29, 1.82) is 0 Å². The fourth-order valence-electron chi connectivity index (χ4n) is 2.07. The minimum atomic E-state index is 0.148. The molecule has 1 aromatic rings. The highest BCUT2D eigenvalue weighted by Crippen LogP contribution is 2.12. The maximum atomic E-state index is 5.59. The molecular weight excluding hydrogens is 196 g/mol. The molecule has 1 aliphatic rings. The molecule has 1 aliphatic heterocycles. The Morgan fingerprint density at radius 2 is 1.88 bits per heavy atom. The molecule has 0 aromatic heterocycles. The molecule has 0 radical (unpaired) electrons. The third-order valence-electron chi connectivity index (χ3n) is 2.78. The maximum Gasteiger partial charge on any atom is 0.118 e. The Labute approximate surface area is 97.8 Å². The van der Waals surface area contributed by atoms with Crippen molar-refractivity contribution >= 4 is 0 Å². The molecule has 0 saturated carbocycles. The topological polar surface area (TPSA) is 9.23 Å². The average Bonchev–Trinajstić information content (AvgIpc) is 2.27. The van der Waals surface area contributed by atoms with Gasteiger partial charge in [-0.15, -0.1) is 0 Å². The number of benzene rings is 1. The summed E-state index contributed by atoms with van der Waals surface area (Å²) in [6.45, 7) is 5.08. The molecule has 0 spiro atoms. The molecule has 1 saturated heterocycles. The van der Waals surface area contributed by atoms with E-state index < -0.39 is 0 Å². The third-order valence-corrected chi connectivity index (χ3v) is 2.78. The van der Waals surface area contributed by atoms with E-state index in [1.807, 2.05) is 0 Å². The summed E-state index contributed by atoms with van der Waals surface area (Å²) in [6, 6.07) is 6.42. The predicted molar refractivity (Wildman–Crippen MR) is 66.4 cm³/mol. The molecule has 1 atom stereocenters. The van der Waals surface area contributed by atoms with Crippen molar-refractivity contribution in [2.45, 2.75) is 39.2 Å². The zero-order valence-corrected chi connectivity index (χ0v) is 10.0. The standard InChI is InChI=1S/C15H18O/c1-12-9-13(2)11-14(10-12)6-7-15-5-3-4-8-16-15/h9-11,15H,3-5,8H2,1-2H3. The van der Waals surface area contributed by atoms with E-state index >= 15 is 0 Å². The molecule has 84 valence electrons. The van der Waals surface area contributed by atoms with E-state index in [9.17, 15) is 0 Å². The Kier molecular flexibility index (Phi) is 3.64. The Morgan fingerprint density at radius 3 is 2.50 bits per heavy atom. The number of ether oxygens (including phenoxy) is 1. The van der Waals surface area contributed by atoms with Gasteiger partial charge in [0.05, 0.1) is 0 Å². The molecule has 1 aromatic carbocycles. The summed E-state index contributed by atoms with van der Waals surface area (Å²) in [5.41, 5.74) is 3.65. The Balaban J connectivity index is 2.10. The second-order valence-corrected chi connectivity index (χ2v) is 4.50. The Bertz CT molecular complexity index is 397. The van der Waals surface area contributed by atoms with Crippen LogP contribution in [0.4, 0.5) is 0 Å². The number of hydrogen-bond donors (Lipinski definition) is 0. The van der Waals surface area contributed by atoms with Gasteiger partial charge in [0, 0.05) is 12.2 Å². The summed E-state index contributed by atoms with van der Waals surface area (Å²) in [6.07, 6.45) is 3.65. The van der Waals surface area contributed by atoms with Crippen molar-refractivity contribution in [2.24, 2.45) is 0 Å². The highest BCUT2D eigenvalue weighted by molar-refractivity contribution is 5.40. The van der Waals surface area contributed by atoms with E-state index in [2.05, 4.69) is 43.9 Å².